The Morgan fingerprint density at radius 2 is 1.83 bits per heavy atom. The van der Waals surface area contributed by atoms with E-state index in [2.05, 4.69) is 5.10 Å². The van der Waals surface area contributed by atoms with Gasteiger partial charge >= 0.3 is 10.1 Å². The number of fused-ring (bicyclic) bond motifs is 1. The second-order valence-corrected chi connectivity index (χ2v) is 12.1. The maximum absolute atomic E-state index is 13.5. The van der Waals surface area contributed by atoms with E-state index in [1.54, 1.807) is 26.8 Å². The number of carbonyl (C=O) groups is 1. The fraction of sp³-hybridized carbons (Fsp3) is 0.500. The largest absolute Gasteiger partial charge is 0.361 e. The van der Waals surface area contributed by atoms with Gasteiger partial charge in [-0.1, -0.05) is 13.8 Å². The van der Waals surface area contributed by atoms with Crippen LogP contribution in [0.1, 0.15) is 58.6 Å². The molecule has 10 heteroatoms. The Hall–Kier alpha value is -2.20. The first-order valence-electron chi connectivity index (χ1n) is 9.42. The molecule has 0 N–H and O–H groups in total. The molecule has 0 amide bonds. The van der Waals surface area contributed by atoms with Crippen LogP contribution in [0.4, 0.5) is 0 Å². The third-order valence-corrected chi connectivity index (χ3v) is 7.93. The normalized spacial score (nSPS) is 17.4. The number of nitrogens with zero attached hydrogens (tertiary/aromatic N) is 2. The molecule has 0 saturated heterocycles. The van der Waals surface area contributed by atoms with E-state index in [-0.39, 0.29) is 17.2 Å². The van der Waals surface area contributed by atoms with E-state index in [4.69, 9.17) is 4.18 Å². The van der Waals surface area contributed by atoms with Crippen molar-refractivity contribution < 1.29 is 25.8 Å². The van der Waals surface area contributed by atoms with Crippen LogP contribution in [0.5, 0.6) is 5.88 Å². The Bertz CT molecular complexity index is 1290. The summed E-state index contributed by atoms with van der Waals surface area (Å²) >= 11 is 0. The number of hydrogen-bond acceptors (Lipinski definition) is 7. The standard InChI is InChI=1S/C20H26N2O6S2/c1-11-10-14(12(2)16-18(11)30(26,27)9-8-20(16,4)5)17(23)15-13(3)21-22(6)19(15)28-29(7,24)25/h10H,8-9H2,1-7H3. The lowest BCUT2D eigenvalue weighted by molar-refractivity contribution is 0.103. The van der Waals surface area contributed by atoms with Gasteiger partial charge in [-0.05, 0) is 55.4 Å². The third-order valence-electron chi connectivity index (χ3n) is 5.58. The number of rotatable bonds is 4. The highest BCUT2D eigenvalue weighted by atomic mass is 32.2. The predicted octanol–water partition coefficient (Wildman–Crippen LogP) is 2.37. The van der Waals surface area contributed by atoms with Crippen LogP contribution in [-0.4, -0.2) is 44.4 Å². The van der Waals surface area contributed by atoms with Crippen molar-refractivity contribution in [2.45, 2.75) is 51.3 Å². The van der Waals surface area contributed by atoms with E-state index in [0.29, 0.717) is 39.3 Å². The summed E-state index contributed by atoms with van der Waals surface area (Å²) in [5, 5.41) is 4.14. The molecule has 1 aliphatic rings. The van der Waals surface area contributed by atoms with Crippen molar-refractivity contribution in [2.75, 3.05) is 12.0 Å². The molecule has 0 atom stereocenters. The van der Waals surface area contributed by atoms with Crippen LogP contribution in [0.15, 0.2) is 11.0 Å². The lowest BCUT2D eigenvalue weighted by Crippen LogP contribution is -2.33. The molecule has 0 aliphatic carbocycles. The topological polar surface area (TPSA) is 112 Å². The molecule has 1 aromatic heterocycles. The van der Waals surface area contributed by atoms with E-state index < -0.39 is 31.2 Å². The van der Waals surface area contributed by atoms with Gasteiger partial charge in [-0.2, -0.15) is 13.5 Å². The summed E-state index contributed by atoms with van der Waals surface area (Å²) < 4.78 is 55.2. The van der Waals surface area contributed by atoms with Crippen LogP contribution < -0.4 is 4.18 Å². The highest BCUT2D eigenvalue weighted by Crippen LogP contribution is 2.43. The molecule has 0 spiro atoms. The second-order valence-electron chi connectivity index (χ2n) is 8.53. The van der Waals surface area contributed by atoms with Crippen molar-refractivity contribution in [1.82, 2.24) is 9.78 Å². The van der Waals surface area contributed by atoms with Crippen LogP contribution in [0.2, 0.25) is 0 Å². The van der Waals surface area contributed by atoms with Crippen molar-refractivity contribution >= 4 is 25.7 Å². The Kier molecular flexibility index (Phi) is 5.18. The van der Waals surface area contributed by atoms with E-state index in [9.17, 15) is 21.6 Å². The highest BCUT2D eigenvalue weighted by Gasteiger charge is 2.40. The Morgan fingerprint density at radius 3 is 2.40 bits per heavy atom. The number of aryl methyl sites for hydroxylation is 3. The molecular formula is C20H26N2O6S2. The van der Waals surface area contributed by atoms with Gasteiger partial charge in [-0.15, -0.1) is 0 Å². The average Bonchev–Trinajstić information content (AvgIpc) is 2.84. The number of hydrogen-bond donors (Lipinski definition) is 0. The Labute approximate surface area is 177 Å². The van der Waals surface area contributed by atoms with Gasteiger partial charge in [0.15, 0.2) is 9.84 Å². The molecule has 1 aliphatic heterocycles. The summed E-state index contributed by atoms with van der Waals surface area (Å²) in [6.07, 6.45) is 1.35. The zero-order chi connectivity index (χ0) is 22.8. The van der Waals surface area contributed by atoms with Crippen LogP contribution in [0.25, 0.3) is 0 Å². The molecule has 0 saturated carbocycles. The number of benzene rings is 1. The van der Waals surface area contributed by atoms with E-state index in [1.807, 2.05) is 13.8 Å². The van der Waals surface area contributed by atoms with Gasteiger partial charge in [0.05, 0.1) is 22.6 Å². The van der Waals surface area contributed by atoms with Gasteiger partial charge in [-0.3, -0.25) is 4.79 Å². The van der Waals surface area contributed by atoms with E-state index in [1.165, 1.54) is 11.7 Å². The first-order valence-corrected chi connectivity index (χ1v) is 12.9. The van der Waals surface area contributed by atoms with Crippen LogP contribution in [-0.2, 0) is 32.4 Å². The van der Waals surface area contributed by atoms with Gasteiger partial charge in [0.1, 0.15) is 5.56 Å². The molecule has 30 heavy (non-hydrogen) atoms. The summed E-state index contributed by atoms with van der Waals surface area (Å²) in [5.41, 5.74) is 1.96. The molecule has 2 aromatic rings. The SMILES string of the molecule is Cc1cc(C(=O)c2c(C)nn(C)c2OS(C)(=O)=O)c(C)c2c1S(=O)(=O)CCC2(C)C. The third kappa shape index (κ3) is 3.66. The summed E-state index contributed by atoms with van der Waals surface area (Å²) in [4.78, 5) is 13.8. The number of aromatic nitrogens is 2. The maximum atomic E-state index is 13.5. The second kappa shape index (κ2) is 6.91. The molecule has 0 unspecified atom stereocenters. The number of ketones is 1. The van der Waals surface area contributed by atoms with Crippen molar-refractivity contribution in [1.29, 1.82) is 0 Å². The fourth-order valence-corrected chi connectivity index (χ4v) is 6.98. The number of carbonyl (C=O) groups excluding carboxylic acids is 1. The van der Waals surface area contributed by atoms with Gasteiger partial charge in [-0.25, -0.2) is 13.1 Å². The quantitative estimate of drug-likeness (QED) is 0.515. The van der Waals surface area contributed by atoms with Crippen molar-refractivity contribution in [3.05, 3.63) is 39.6 Å². The first-order chi connectivity index (χ1) is 13.6. The lowest BCUT2D eigenvalue weighted by atomic mass is 9.76. The molecule has 3 rings (SSSR count). The van der Waals surface area contributed by atoms with Gasteiger partial charge in [0.2, 0.25) is 11.7 Å². The van der Waals surface area contributed by atoms with Gasteiger partial charge < -0.3 is 4.18 Å². The Morgan fingerprint density at radius 1 is 1.23 bits per heavy atom. The maximum Gasteiger partial charge on any atom is 0.307 e. The summed E-state index contributed by atoms with van der Waals surface area (Å²) in [6, 6.07) is 1.56. The number of sulfone groups is 1. The Balaban J connectivity index is 2.30. The molecule has 2 heterocycles. The minimum absolute atomic E-state index is 0.0434. The lowest BCUT2D eigenvalue weighted by Gasteiger charge is -2.35. The van der Waals surface area contributed by atoms with Crippen molar-refractivity contribution in [3.63, 3.8) is 0 Å². The molecule has 8 nitrogen and oxygen atoms in total. The monoisotopic (exact) mass is 454 g/mol. The van der Waals surface area contributed by atoms with Crippen LogP contribution in [0.3, 0.4) is 0 Å². The minimum atomic E-state index is -3.88. The smallest absolute Gasteiger partial charge is 0.307 e. The molecule has 0 bridgehead atoms. The van der Waals surface area contributed by atoms with E-state index in [0.717, 1.165) is 6.26 Å². The van der Waals surface area contributed by atoms with Crippen LogP contribution >= 0.6 is 0 Å². The fourth-order valence-electron chi connectivity index (χ4n) is 4.23. The average molecular weight is 455 g/mol. The highest BCUT2D eigenvalue weighted by molar-refractivity contribution is 7.91. The van der Waals surface area contributed by atoms with E-state index >= 15 is 0 Å². The van der Waals surface area contributed by atoms with Crippen molar-refractivity contribution in [2.24, 2.45) is 7.05 Å². The first kappa shape index (κ1) is 22.5. The van der Waals surface area contributed by atoms with Crippen LogP contribution in [0, 0.1) is 20.8 Å². The van der Waals surface area contributed by atoms with Gasteiger partial charge in [0, 0.05) is 12.6 Å². The zero-order valence-electron chi connectivity index (χ0n) is 18.2. The molecule has 1 aromatic carbocycles. The summed E-state index contributed by atoms with van der Waals surface area (Å²) in [5.74, 6) is -0.558. The van der Waals surface area contributed by atoms with Crippen molar-refractivity contribution in [3.8, 4) is 5.88 Å². The van der Waals surface area contributed by atoms with Gasteiger partial charge in [0.25, 0.3) is 0 Å². The zero-order valence-corrected chi connectivity index (χ0v) is 19.8. The molecule has 164 valence electrons. The summed E-state index contributed by atoms with van der Waals surface area (Å²) in [7, 11) is -5.83. The minimum Gasteiger partial charge on any atom is -0.361 e. The predicted molar refractivity (Wildman–Crippen MR) is 112 cm³/mol. The summed E-state index contributed by atoms with van der Waals surface area (Å²) in [6.45, 7) is 8.94. The molecule has 0 radical (unpaired) electrons. The molecule has 0 fully saturated rings. The molecular weight excluding hydrogens is 428 g/mol.